The van der Waals surface area contributed by atoms with Crippen molar-refractivity contribution in [3.8, 4) is 5.75 Å². The highest BCUT2D eigenvalue weighted by Gasteiger charge is 2.34. The van der Waals surface area contributed by atoms with Gasteiger partial charge >= 0.3 is 0 Å². The molecule has 1 aromatic rings. The van der Waals surface area contributed by atoms with Gasteiger partial charge in [-0.25, -0.2) is 4.39 Å². The molecule has 1 fully saturated rings. The Labute approximate surface area is 112 Å². The molecule has 0 bridgehead atoms. The number of benzene rings is 1. The van der Waals surface area contributed by atoms with Gasteiger partial charge < -0.3 is 10.8 Å². The molecule has 19 heavy (non-hydrogen) atoms. The highest BCUT2D eigenvalue weighted by atomic mass is 32.2. The molecular weight excluding hydrogens is 271 g/mol. The topological polar surface area (TPSA) is 83.6 Å². The largest absolute Gasteiger partial charge is 0.508 e. The number of nitrogens with two attached hydrogens (primary N) is 1. The van der Waals surface area contributed by atoms with Crippen molar-refractivity contribution >= 4 is 29.0 Å². The van der Waals surface area contributed by atoms with Crippen molar-refractivity contribution < 1.29 is 19.1 Å². The number of thioether (sulfide) groups is 1. The summed E-state index contributed by atoms with van der Waals surface area (Å²) in [5.41, 5.74) is 5.63. The molecule has 1 aliphatic heterocycles. The molecule has 2 rings (SSSR count). The summed E-state index contributed by atoms with van der Waals surface area (Å²) in [4.78, 5) is 24.7. The number of carbonyl (C=O) groups is 2. The highest BCUT2D eigenvalue weighted by molar-refractivity contribution is 8.18. The number of aromatic hydroxyl groups is 1. The lowest BCUT2D eigenvalue weighted by Gasteiger charge is -2.09. The second-order valence-electron chi connectivity index (χ2n) is 3.86. The van der Waals surface area contributed by atoms with Crippen LogP contribution < -0.4 is 5.73 Å². The monoisotopic (exact) mass is 282 g/mol. The maximum absolute atomic E-state index is 13.1. The molecule has 2 amide bonds. The fourth-order valence-electron chi connectivity index (χ4n) is 1.65. The molecule has 5 nitrogen and oxygen atoms in total. The van der Waals surface area contributed by atoms with Crippen LogP contribution in [0.1, 0.15) is 5.56 Å². The number of hydrogen-bond acceptors (Lipinski definition) is 5. The zero-order chi connectivity index (χ0) is 14.0. The van der Waals surface area contributed by atoms with Crippen LogP contribution in [0.3, 0.4) is 0 Å². The molecule has 0 aliphatic carbocycles. The zero-order valence-electron chi connectivity index (χ0n) is 9.80. The Bertz CT molecular complexity index is 554. The molecule has 0 saturated carbocycles. The van der Waals surface area contributed by atoms with Crippen LogP contribution in [0.5, 0.6) is 5.75 Å². The Morgan fingerprint density at radius 3 is 2.74 bits per heavy atom. The SMILES string of the molecule is NCCN1C(=O)S/C(=C/c2cc(O)cc(F)c2)C1=O. The third-order valence-electron chi connectivity index (χ3n) is 2.43. The first-order valence-electron chi connectivity index (χ1n) is 5.46. The van der Waals surface area contributed by atoms with Crippen molar-refractivity contribution in [1.29, 1.82) is 0 Å². The van der Waals surface area contributed by atoms with Crippen LogP contribution >= 0.6 is 11.8 Å². The predicted molar refractivity (Wildman–Crippen MR) is 69.8 cm³/mol. The number of amides is 2. The van der Waals surface area contributed by atoms with Crippen LogP contribution in [0.15, 0.2) is 23.1 Å². The first-order chi connectivity index (χ1) is 9.01. The van der Waals surface area contributed by atoms with Crippen molar-refractivity contribution in [2.75, 3.05) is 13.1 Å². The van der Waals surface area contributed by atoms with E-state index in [-0.39, 0.29) is 23.7 Å². The van der Waals surface area contributed by atoms with Crippen molar-refractivity contribution in [1.82, 2.24) is 4.90 Å². The molecule has 1 aromatic carbocycles. The summed E-state index contributed by atoms with van der Waals surface area (Å²) in [5.74, 6) is -1.32. The summed E-state index contributed by atoms with van der Waals surface area (Å²) in [5, 5.41) is 8.87. The standard InChI is InChI=1S/C12H11FN2O3S/c13-8-3-7(4-9(16)6-8)5-10-11(17)15(2-1-14)12(18)19-10/h3-6,16H,1-2,14H2/b10-5+. The summed E-state index contributed by atoms with van der Waals surface area (Å²) in [6, 6.07) is 3.42. The highest BCUT2D eigenvalue weighted by Crippen LogP contribution is 2.32. The maximum atomic E-state index is 13.1. The van der Waals surface area contributed by atoms with E-state index in [1.54, 1.807) is 0 Å². The molecule has 3 N–H and O–H groups in total. The smallest absolute Gasteiger partial charge is 0.293 e. The minimum Gasteiger partial charge on any atom is -0.508 e. The normalized spacial score (nSPS) is 17.6. The average Bonchev–Trinajstić information content (AvgIpc) is 2.56. The molecular formula is C12H11FN2O3S. The molecule has 100 valence electrons. The summed E-state index contributed by atoms with van der Waals surface area (Å²) < 4.78 is 13.1. The van der Waals surface area contributed by atoms with Crippen molar-refractivity contribution in [3.05, 3.63) is 34.5 Å². The Kier molecular flexibility index (Phi) is 3.87. The van der Waals surface area contributed by atoms with E-state index in [0.717, 1.165) is 28.8 Å². The number of rotatable bonds is 3. The molecule has 0 spiro atoms. The Hall–Kier alpha value is -1.86. The van der Waals surface area contributed by atoms with Crippen LogP contribution in [0.4, 0.5) is 9.18 Å². The van der Waals surface area contributed by atoms with E-state index in [2.05, 4.69) is 0 Å². The number of hydrogen-bond donors (Lipinski definition) is 2. The van der Waals surface area contributed by atoms with Crippen LogP contribution in [-0.4, -0.2) is 34.2 Å². The number of phenols is 1. The van der Waals surface area contributed by atoms with Crippen molar-refractivity contribution in [3.63, 3.8) is 0 Å². The lowest BCUT2D eigenvalue weighted by molar-refractivity contribution is -0.122. The average molecular weight is 282 g/mol. The van der Waals surface area contributed by atoms with Crippen LogP contribution in [0.25, 0.3) is 6.08 Å². The molecule has 0 unspecified atom stereocenters. The zero-order valence-corrected chi connectivity index (χ0v) is 10.6. The van der Waals surface area contributed by atoms with E-state index in [0.29, 0.717) is 5.56 Å². The van der Waals surface area contributed by atoms with Gasteiger partial charge in [0, 0.05) is 19.2 Å². The molecule has 0 radical (unpaired) electrons. The second-order valence-corrected chi connectivity index (χ2v) is 4.86. The van der Waals surface area contributed by atoms with Gasteiger partial charge in [-0.3, -0.25) is 14.5 Å². The van der Waals surface area contributed by atoms with Gasteiger partial charge in [0.25, 0.3) is 11.1 Å². The number of halogens is 1. The second kappa shape index (κ2) is 5.41. The maximum Gasteiger partial charge on any atom is 0.293 e. The Balaban J connectivity index is 2.29. The molecule has 7 heteroatoms. The molecule has 0 aromatic heterocycles. The van der Waals surface area contributed by atoms with Crippen LogP contribution in [0.2, 0.25) is 0 Å². The minimum absolute atomic E-state index is 0.149. The first kappa shape index (κ1) is 13.6. The van der Waals surface area contributed by atoms with Gasteiger partial charge in [-0.05, 0) is 35.5 Å². The predicted octanol–water partition coefficient (Wildman–Crippen LogP) is 1.53. The van der Waals surface area contributed by atoms with E-state index in [1.165, 1.54) is 12.1 Å². The van der Waals surface area contributed by atoms with Gasteiger partial charge in [-0.2, -0.15) is 0 Å². The molecule has 1 heterocycles. The fraction of sp³-hybridized carbons (Fsp3) is 0.167. The third-order valence-corrected chi connectivity index (χ3v) is 3.34. The number of phenolic OH excluding ortho intramolecular Hbond substituents is 1. The minimum atomic E-state index is -0.618. The third kappa shape index (κ3) is 2.94. The van der Waals surface area contributed by atoms with E-state index in [4.69, 9.17) is 5.73 Å². The number of imide groups is 1. The molecule has 1 saturated heterocycles. The van der Waals surface area contributed by atoms with E-state index in [9.17, 15) is 19.1 Å². The van der Waals surface area contributed by atoms with Gasteiger partial charge in [0.15, 0.2) is 0 Å². The van der Waals surface area contributed by atoms with Crippen molar-refractivity contribution in [2.24, 2.45) is 5.73 Å². The number of carbonyl (C=O) groups excluding carboxylic acids is 2. The number of nitrogens with zero attached hydrogens (tertiary/aromatic N) is 1. The van der Waals surface area contributed by atoms with Gasteiger partial charge in [-0.1, -0.05) is 0 Å². The quantitative estimate of drug-likeness (QED) is 0.821. The summed E-state index contributed by atoms with van der Waals surface area (Å²) in [6.07, 6.45) is 1.37. The summed E-state index contributed by atoms with van der Waals surface area (Å²) >= 11 is 0.767. The Morgan fingerprint density at radius 2 is 2.11 bits per heavy atom. The molecule has 1 aliphatic rings. The lowest BCUT2D eigenvalue weighted by atomic mass is 10.2. The fourth-order valence-corrected chi connectivity index (χ4v) is 2.52. The summed E-state index contributed by atoms with van der Waals surface area (Å²) in [7, 11) is 0. The van der Waals surface area contributed by atoms with E-state index >= 15 is 0 Å². The van der Waals surface area contributed by atoms with Crippen LogP contribution in [-0.2, 0) is 4.79 Å². The van der Waals surface area contributed by atoms with Gasteiger partial charge in [0.2, 0.25) is 0 Å². The van der Waals surface area contributed by atoms with E-state index < -0.39 is 17.0 Å². The van der Waals surface area contributed by atoms with Crippen molar-refractivity contribution in [2.45, 2.75) is 0 Å². The summed E-state index contributed by atoms with van der Waals surface area (Å²) in [6.45, 7) is 0.336. The molecule has 0 atom stereocenters. The van der Waals surface area contributed by atoms with Gasteiger partial charge in [0.05, 0.1) is 4.91 Å². The van der Waals surface area contributed by atoms with E-state index in [1.807, 2.05) is 0 Å². The van der Waals surface area contributed by atoms with Crippen LogP contribution in [0, 0.1) is 5.82 Å². The van der Waals surface area contributed by atoms with Gasteiger partial charge in [-0.15, -0.1) is 0 Å². The first-order valence-corrected chi connectivity index (χ1v) is 6.28. The van der Waals surface area contributed by atoms with Gasteiger partial charge in [0.1, 0.15) is 11.6 Å². The lowest BCUT2D eigenvalue weighted by Crippen LogP contribution is -2.33. The Morgan fingerprint density at radius 1 is 1.37 bits per heavy atom.